The van der Waals surface area contributed by atoms with Gasteiger partial charge in [0.1, 0.15) is 29.8 Å². The molecule has 3 unspecified atom stereocenters. The second kappa shape index (κ2) is 28.5. The topological polar surface area (TPSA) is 156 Å². The molecule has 0 radical (unpaired) electrons. The van der Waals surface area contributed by atoms with Gasteiger partial charge in [0, 0.05) is 19.4 Å². The molecular formula is C41H66N5O7P. The van der Waals surface area contributed by atoms with Crippen molar-refractivity contribution < 1.29 is 32.9 Å². The third kappa shape index (κ3) is 18.2. The Morgan fingerprint density at radius 3 is 2.07 bits per heavy atom. The summed E-state index contributed by atoms with van der Waals surface area (Å²) in [6.45, 7) is 3.74. The van der Waals surface area contributed by atoms with Crippen molar-refractivity contribution in [2.24, 2.45) is 0 Å². The Morgan fingerprint density at radius 2 is 1.46 bits per heavy atom. The van der Waals surface area contributed by atoms with Crippen LogP contribution in [0.15, 0.2) is 36.7 Å². The number of unbranched alkanes of at least 4 members (excludes halogenated alkanes) is 15. The van der Waals surface area contributed by atoms with E-state index in [4.69, 9.17) is 33.7 Å². The molecule has 3 atom stereocenters. The van der Waals surface area contributed by atoms with Crippen LogP contribution in [-0.2, 0) is 36.3 Å². The van der Waals surface area contributed by atoms with E-state index in [2.05, 4.69) is 23.1 Å². The Morgan fingerprint density at radius 1 is 0.833 bits per heavy atom. The third-order valence-corrected chi connectivity index (χ3v) is 10.4. The zero-order valence-electron chi connectivity index (χ0n) is 33.1. The molecule has 13 heteroatoms. The number of hydrogen-bond acceptors (Lipinski definition) is 11. The summed E-state index contributed by atoms with van der Waals surface area (Å²) in [6, 6.07) is 11.3. The van der Waals surface area contributed by atoms with Crippen LogP contribution in [0.4, 0.5) is 5.82 Å². The molecule has 2 heterocycles. The summed E-state index contributed by atoms with van der Waals surface area (Å²) in [6.07, 6.45) is 23.2. The minimum Gasteiger partial charge on any atom is -0.495 e. The van der Waals surface area contributed by atoms with Gasteiger partial charge in [-0.1, -0.05) is 109 Å². The van der Waals surface area contributed by atoms with Crippen molar-refractivity contribution in [1.29, 1.82) is 5.26 Å². The van der Waals surface area contributed by atoms with E-state index in [1.807, 2.05) is 18.2 Å². The minimum absolute atomic E-state index is 0.0868. The number of rotatable bonds is 33. The van der Waals surface area contributed by atoms with E-state index in [0.29, 0.717) is 43.2 Å². The summed E-state index contributed by atoms with van der Waals surface area (Å²) in [4.78, 5) is 14.6. The number of aromatic nitrogens is 3. The van der Waals surface area contributed by atoms with Crippen LogP contribution in [0.25, 0.3) is 5.52 Å². The molecular weight excluding hydrogens is 705 g/mol. The predicted octanol–water partition coefficient (Wildman–Crippen LogP) is 9.26. The van der Waals surface area contributed by atoms with E-state index in [1.54, 1.807) is 23.8 Å². The quantitative estimate of drug-likeness (QED) is 0.0450. The Labute approximate surface area is 325 Å². The molecule has 3 N–H and O–H groups in total. The van der Waals surface area contributed by atoms with E-state index in [-0.39, 0.29) is 25.9 Å². The fraction of sp³-hybridized carbons (Fsp3) is 0.683. The maximum absolute atomic E-state index is 10.6. The van der Waals surface area contributed by atoms with Crippen LogP contribution in [-0.4, -0.2) is 72.3 Å². The first kappa shape index (κ1) is 45.5. The lowest BCUT2D eigenvalue weighted by molar-refractivity contribution is -0.0489. The number of ether oxygens (including phenoxy) is 4. The maximum atomic E-state index is 10.6. The maximum Gasteiger partial charge on any atom is 0.330 e. The number of nitrogens with two attached hydrogens (primary N) is 1. The monoisotopic (exact) mass is 771 g/mol. The van der Waals surface area contributed by atoms with Gasteiger partial charge in [-0.25, -0.2) is 9.50 Å². The fourth-order valence-corrected chi connectivity index (χ4v) is 7.01. The largest absolute Gasteiger partial charge is 0.495 e. The summed E-state index contributed by atoms with van der Waals surface area (Å²) >= 11 is 0. The van der Waals surface area contributed by atoms with E-state index >= 15 is 0 Å². The zero-order valence-corrected chi connectivity index (χ0v) is 34.0. The Kier molecular flexibility index (Phi) is 24.0. The molecule has 1 aromatic carbocycles. The minimum atomic E-state index is -2.17. The first-order chi connectivity index (χ1) is 26.5. The number of benzene rings is 1. The van der Waals surface area contributed by atoms with Crippen molar-refractivity contribution in [3.63, 3.8) is 0 Å². The standard InChI is InChI=1S/C41H66N5O7P/c1-4-5-6-7-8-9-10-11-12-13-14-15-16-17-18-19-26-50-30-38(51-29-34-20-21-35(28-42)40(27-34)49-3)32-53-54(47)52-31-37(48-2)24-22-36-23-25-39-41(43)44-33-45-46(36)39/h20-21,23,25,27,33,37-38,47H,4-19,22,24,26,29-32H2,1-3H3,(H2,43,44,45). The lowest BCUT2D eigenvalue weighted by Crippen LogP contribution is -2.26. The van der Waals surface area contributed by atoms with Crippen LogP contribution >= 0.6 is 8.60 Å². The average molecular weight is 772 g/mol. The van der Waals surface area contributed by atoms with Gasteiger partial charge < -0.3 is 38.6 Å². The second-order valence-corrected chi connectivity index (χ2v) is 14.9. The molecule has 302 valence electrons. The molecule has 0 aliphatic heterocycles. The van der Waals surface area contributed by atoms with Crippen molar-refractivity contribution in [2.45, 2.75) is 141 Å². The van der Waals surface area contributed by atoms with Gasteiger partial charge >= 0.3 is 8.60 Å². The molecule has 0 saturated heterocycles. The van der Waals surface area contributed by atoms with E-state index < -0.39 is 14.7 Å². The van der Waals surface area contributed by atoms with Gasteiger partial charge in [-0.15, -0.1) is 0 Å². The molecule has 0 fully saturated rings. The van der Waals surface area contributed by atoms with Crippen molar-refractivity contribution >= 4 is 19.9 Å². The van der Waals surface area contributed by atoms with Gasteiger partial charge in [0.15, 0.2) is 5.82 Å². The molecule has 12 nitrogen and oxygen atoms in total. The summed E-state index contributed by atoms with van der Waals surface area (Å²) in [5.41, 5.74) is 9.00. The summed E-state index contributed by atoms with van der Waals surface area (Å²) in [5.74, 6) is 0.921. The van der Waals surface area contributed by atoms with Crippen molar-refractivity contribution in [3.05, 3.63) is 53.5 Å². The van der Waals surface area contributed by atoms with Gasteiger partial charge in [-0.05, 0) is 49.1 Å². The van der Waals surface area contributed by atoms with Crippen molar-refractivity contribution in [1.82, 2.24) is 14.6 Å². The third-order valence-electron chi connectivity index (χ3n) is 9.68. The number of methoxy groups -OCH3 is 2. The van der Waals surface area contributed by atoms with Gasteiger partial charge in [0.05, 0.1) is 45.2 Å². The zero-order chi connectivity index (χ0) is 38.6. The number of aryl methyl sites for hydroxylation is 1. The molecule has 3 rings (SSSR count). The number of nitrogens with zero attached hydrogens (tertiary/aromatic N) is 4. The molecule has 54 heavy (non-hydrogen) atoms. The number of anilines is 1. The smallest absolute Gasteiger partial charge is 0.330 e. The van der Waals surface area contributed by atoms with E-state index in [1.165, 1.54) is 103 Å². The van der Waals surface area contributed by atoms with Gasteiger partial charge in [-0.2, -0.15) is 10.4 Å². The average Bonchev–Trinajstić information content (AvgIpc) is 3.62. The number of nitrogen functional groups attached to an aromatic ring is 1. The SMILES string of the molecule is CCCCCCCCCCCCCCCCCCOCC(COP(O)OCC(CCc1ccc2c(N)ncnn12)OC)OCc1ccc(C#N)c(OC)c1. The van der Waals surface area contributed by atoms with Gasteiger partial charge in [0.25, 0.3) is 0 Å². The predicted molar refractivity (Wildman–Crippen MR) is 214 cm³/mol. The fourth-order valence-electron chi connectivity index (χ4n) is 6.35. The molecule has 3 aromatic rings. The summed E-state index contributed by atoms with van der Waals surface area (Å²) in [5, 5.41) is 13.6. The molecule has 0 aliphatic carbocycles. The highest BCUT2D eigenvalue weighted by atomic mass is 31.2. The van der Waals surface area contributed by atoms with E-state index in [9.17, 15) is 10.2 Å². The molecule has 2 aromatic heterocycles. The summed E-state index contributed by atoms with van der Waals surface area (Å²) in [7, 11) is 0.978. The highest BCUT2D eigenvalue weighted by Crippen LogP contribution is 2.34. The Bertz CT molecular complexity index is 1450. The molecule has 0 aliphatic rings. The van der Waals surface area contributed by atoms with Gasteiger partial charge in [-0.3, -0.25) is 0 Å². The highest BCUT2D eigenvalue weighted by Gasteiger charge is 2.19. The Balaban J connectivity index is 1.33. The van der Waals surface area contributed by atoms with Crippen LogP contribution in [0.5, 0.6) is 5.75 Å². The van der Waals surface area contributed by atoms with Crippen LogP contribution in [0.1, 0.15) is 133 Å². The van der Waals surface area contributed by atoms with E-state index in [0.717, 1.165) is 29.6 Å². The normalized spacial score (nSPS) is 13.2. The first-order valence-electron chi connectivity index (χ1n) is 20.1. The van der Waals surface area contributed by atoms with Gasteiger partial charge in [0.2, 0.25) is 0 Å². The van der Waals surface area contributed by atoms with Crippen LogP contribution in [0, 0.1) is 11.3 Å². The highest BCUT2D eigenvalue weighted by molar-refractivity contribution is 7.40. The van der Waals surface area contributed by atoms with Crippen molar-refractivity contribution in [3.8, 4) is 11.8 Å². The Hall–Kier alpha value is -2.88. The lowest BCUT2D eigenvalue weighted by Gasteiger charge is -2.21. The number of fused-ring (bicyclic) bond motifs is 1. The molecule has 0 saturated carbocycles. The van der Waals surface area contributed by atoms with Crippen LogP contribution in [0.2, 0.25) is 0 Å². The molecule has 0 amide bonds. The van der Waals surface area contributed by atoms with Crippen molar-refractivity contribution in [2.75, 3.05) is 46.4 Å². The number of nitriles is 1. The van der Waals surface area contributed by atoms with Crippen LogP contribution in [0.3, 0.4) is 0 Å². The molecule has 0 bridgehead atoms. The second-order valence-electron chi connectivity index (χ2n) is 14.0. The molecule has 0 spiro atoms. The lowest BCUT2D eigenvalue weighted by atomic mass is 10.0. The summed E-state index contributed by atoms with van der Waals surface area (Å²) < 4.78 is 36.3. The van der Waals surface area contributed by atoms with Crippen LogP contribution < -0.4 is 10.5 Å². The first-order valence-corrected chi connectivity index (χ1v) is 21.2. The number of hydrogen-bond donors (Lipinski definition) is 2.